The number of hydrogen-bond acceptors (Lipinski definition) is 2. The molecule has 4 saturated carbocycles. The van der Waals surface area contributed by atoms with E-state index in [1.807, 2.05) is 0 Å². The van der Waals surface area contributed by atoms with Crippen molar-refractivity contribution in [1.29, 1.82) is 0 Å². The molecule has 2 nitrogen and oxygen atoms in total. The highest BCUT2D eigenvalue weighted by atomic mass is 15.2. The summed E-state index contributed by atoms with van der Waals surface area (Å²) < 4.78 is 0. The summed E-state index contributed by atoms with van der Waals surface area (Å²) in [5.74, 6) is 0. The summed E-state index contributed by atoms with van der Waals surface area (Å²) in [6.07, 6.45) is 33.9. The maximum absolute atomic E-state index is 2.92. The molecule has 0 aliphatic heterocycles. The van der Waals surface area contributed by atoms with Gasteiger partial charge in [-0.1, -0.05) is 127 Å². The predicted molar refractivity (Wildman–Crippen MR) is 183 cm³/mol. The van der Waals surface area contributed by atoms with Gasteiger partial charge >= 0.3 is 0 Å². The van der Waals surface area contributed by atoms with Crippen molar-refractivity contribution >= 4 is 11.4 Å². The van der Waals surface area contributed by atoms with Crippen molar-refractivity contribution in [2.45, 2.75) is 178 Å². The van der Waals surface area contributed by atoms with Crippen molar-refractivity contribution in [2.75, 3.05) is 9.80 Å². The van der Waals surface area contributed by atoms with E-state index in [4.69, 9.17) is 0 Å². The van der Waals surface area contributed by atoms with Gasteiger partial charge in [0.2, 0.25) is 0 Å². The monoisotopic (exact) mass is 568 g/mol. The van der Waals surface area contributed by atoms with Gasteiger partial charge in [-0.3, -0.25) is 0 Å². The Kier molecular flexibility index (Phi) is 11.2. The molecule has 0 atom stereocenters. The van der Waals surface area contributed by atoms with Crippen molar-refractivity contribution in [3.63, 3.8) is 0 Å². The SMILES string of the molecule is c1cc(N(C2CCCCCC2)C2CCCCCC2)ccc1-c1ccc(N(C2CCCCCC2)C2CCCCCC2)cc1. The highest BCUT2D eigenvalue weighted by molar-refractivity contribution is 5.69. The van der Waals surface area contributed by atoms with Gasteiger partial charge in [0.25, 0.3) is 0 Å². The number of hydrogen-bond donors (Lipinski definition) is 0. The van der Waals surface area contributed by atoms with Crippen LogP contribution in [0.25, 0.3) is 11.1 Å². The smallest absolute Gasteiger partial charge is 0.0371 e. The molecule has 0 saturated heterocycles. The van der Waals surface area contributed by atoms with Crippen molar-refractivity contribution in [3.8, 4) is 11.1 Å². The Morgan fingerprint density at radius 3 is 0.714 bits per heavy atom. The van der Waals surface area contributed by atoms with Crippen LogP contribution in [0.15, 0.2) is 48.5 Å². The first kappa shape index (κ1) is 30.1. The lowest BCUT2D eigenvalue weighted by atomic mass is 9.97. The summed E-state index contributed by atoms with van der Waals surface area (Å²) in [7, 11) is 0. The molecule has 2 aromatic carbocycles. The minimum atomic E-state index is 0.736. The molecule has 0 bridgehead atoms. The molecule has 2 aromatic rings. The maximum Gasteiger partial charge on any atom is 0.0371 e. The van der Waals surface area contributed by atoms with Gasteiger partial charge in [0.05, 0.1) is 0 Å². The average molecular weight is 569 g/mol. The third-order valence-corrected chi connectivity index (χ3v) is 11.5. The van der Waals surface area contributed by atoms with E-state index in [-0.39, 0.29) is 0 Å². The molecule has 4 aliphatic carbocycles. The number of rotatable bonds is 7. The molecular weight excluding hydrogens is 508 g/mol. The summed E-state index contributed by atoms with van der Waals surface area (Å²) in [5, 5.41) is 0. The molecule has 0 N–H and O–H groups in total. The van der Waals surface area contributed by atoms with Gasteiger partial charge in [-0.2, -0.15) is 0 Å². The van der Waals surface area contributed by atoms with Gasteiger partial charge in [0, 0.05) is 35.5 Å². The van der Waals surface area contributed by atoms with Crippen molar-refractivity contribution in [1.82, 2.24) is 0 Å². The zero-order valence-electron chi connectivity index (χ0n) is 26.8. The third kappa shape index (κ3) is 7.75. The van der Waals surface area contributed by atoms with Gasteiger partial charge in [0.1, 0.15) is 0 Å². The molecule has 4 aliphatic rings. The van der Waals surface area contributed by atoms with Gasteiger partial charge in [-0.15, -0.1) is 0 Å². The first-order chi connectivity index (χ1) is 20.9. The first-order valence-corrected chi connectivity index (χ1v) is 18.6. The second-order valence-corrected chi connectivity index (χ2v) is 14.5. The lowest BCUT2D eigenvalue weighted by Crippen LogP contribution is -2.43. The van der Waals surface area contributed by atoms with E-state index in [1.54, 1.807) is 0 Å². The quantitative estimate of drug-likeness (QED) is 0.306. The fourth-order valence-electron chi connectivity index (χ4n) is 9.24. The standard InChI is InChI=1S/C40H60N2/c1-2-10-18-35(17-9-1)41(36-19-11-3-4-12-20-36)39-29-25-33(26-30-39)34-27-31-40(32-28-34)42(37-21-13-5-6-14-22-37)38-23-15-7-8-16-24-38/h25-32,35-38H,1-24H2. The van der Waals surface area contributed by atoms with Gasteiger partial charge < -0.3 is 9.80 Å². The molecular formula is C40H60N2. The van der Waals surface area contributed by atoms with E-state index in [0.29, 0.717) is 0 Å². The van der Waals surface area contributed by atoms with Crippen LogP contribution in [-0.4, -0.2) is 24.2 Å². The summed E-state index contributed by atoms with van der Waals surface area (Å²) in [5.41, 5.74) is 5.73. The molecule has 0 spiro atoms. The first-order valence-electron chi connectivity index (χ1n) is 18.6. The van der Waals surface area contributed by atoms with E-state index in [9.17, 15) is 0 Å². The van der Waals surface area contributed by atoms with E-state index in [2.05, 4.69) is 58.3 Å². The fourth-order valence-corrected chi connectivity index (χ4v) is 9.24. The van der Waals surface area contributed by atoms with Crippen molar-refractivity contribution < 1.29 is 0 Å². The molecule has 0 aromatic heterocycles. The normalized spacial score (nSPS) is 23.0. The summed E-state index contributed by atoms with van der Waals surface area (Å²) in [6, 6.07) is 22.6. The third-order valence-electron chi connectivity index (χ3n) is 11.5. The lowest BCUT2D eigenvalue weighted by molar-refractivity contribution is 0.432. The Morgan fingerprint density at radius 2 is 0.500 bits per heavy atom. The van der Waals surface area contributed by atoms with Crippen LogP contribution in [0.3, 0.4) is 0 Å². The van der Waals surface area contributed by atoms with E-state index < -0.39 is 0 Å². The van der Waals surface area contributed by atoms with E-state index >= 15 is 0 Å². The highest BCUT2D eigenvalue weighted by Crippen LogP contribution is 2.37. The number of nitrogens with zero attached hydrogens (tertiary/aromatic N) is 2. The maximum atomic E-state index is 2.92. The molecule has 4 fully saturated rings. The number of benzene rings is 2. The molecule has 0 radical (unpaired) electrons. The minimum absolute atomic E-state index is 0.736. The number of anilines is 2. The van der Waals surface area contributed by atoms with Crippen LogP contribution < -0.4 is 9.80 Å². The summed E-state index contributed by atoms with van der Waals surface area (Å²) in [4.78, 5) is 5.84. The molecule has 6 rings (SSSR count). The van der Waals surface area contributed by atoms with Crippen LogP contribution in [0.1, 0.15) is 154 Å². The zero-order chi connectivity index (χ0) is 28.4. The lowest BCUT2D eigenvalue weighted by Gasteiger charge is -2.40. The van der Waals surface area contributed by atoms with Crippen LogP contribution in [0.5, 0.6) is 0 Å². The molecule has 2 heteroatoms. The van der Waals surface area contributed by atoms with Crippen LogP contribution in [0, 0.1) is 0 Å². The average Bonchev–Trinajstić information content (AvgIpc) is 3.64. The largest absolute Gasteiger partial charge is 0.366 e. The minimum Gasteiger partial charge on any atom is -0.366 e. The van der Waals surface area contributed by atoms with E-state index in [0.717, 1.165) is 24.2 Å². The second-order valence-electron chi connectivity index (χ2n) is 14.5. The summed E-state index contributed by atoms with van der Waals surface area (Å²) >= 11 is 0. The predicted octanol–water partition coefficient (Wildman–Crippen LogP) is 11.9. The van der Waals surface area contributed by atoms with Crippen LogP contribution in [0.2, 0.25) is 0 Å². The Balaban J connectivity index is 1.21. The van der Waals surface area contributed by atoms with Gasteiger partial charge in [-0.25, -0.2) is 0 Å². The van der Waals surface area contributed by atoms with Gasteiger partial charge in [0.15, 0.2) is 0 Å². The molecule has 0 unspecified atom stereocenters. The summed E-state index contributed by atoms with van der Waals surface area (Å²) in [6.45, 7) is 0. The Hall–Kier alpha value is -1.96. The topological polar surface area (TPSA) is 6.48 Å². The van der Waals surface area contributed by atoms with Crippen LogP contribution in [-0.2, 0) is 0 Å². The Morgan fingerprint density at radius 1 is 0.286 bits per heavy atom. The second kappa shape index (κ2) is 15.7. The van der Waals surface area contributed by atoms with E-state index in [1.165, 1.54) is 177 Å². The van der Waals surface area contributed by atoms with Crippen molar-refractivity contribution in [3.05, 3.63) is 48.5 Å². The van der Waals surface area contributed by atoms with Gasteiger partial charge in [-0.05, 0) is 86.8 Å². The fraction of sp³-hybridized carbons (Fsp3) is 0.700. The molecule has 42 heavy (non-hydrogen) atoms. The van der Waals surface area contributed by atoms with Crippen molar-refractivity contribution in [2.24, 2.45) is 0 Å². The molecule has 0 amide bonds. The highest BCUT2D eigenvalue weighted by Gasteiger charge is 2.29. The Bertz CT molecular complexity index is 885. The zero-order valence-corrected chi connectivity index (χ0v) is 26.8. The molecule has 230 valence electrons. The van der Waals surface area contributed by atoms with Crippen LogP contribution >= 0.6 is 0 Å². The Labute approximate surface area is 258 Å². The molecule has 0 heterocycles. The van der Waals surface area contributed by atoms with Crippen LogP contribution in [0.4, 0.5) is 11.4 Å².